The Morgan fingerprint density at radius 3 is 2.35 bits per heavy atom. The van der Waals surface area contributed by atoms with E-state index < -0.39 is 6.04 Å². The fourth-order valence-corrected chi connectivity index (χ4v) is 4.31. The van der Waals surface area contributed by atoms with Crippen molar-refractivity contribution in [2.75, 3.05) is 11.4 Å². The lowest BCUT2D eigenvalue weighted by Gasteiger charge is -2.32. The van der Waals surface area contributed by atoms with Crippen LogP contribution in [0, 0.1) is 12.8 Å². The average Bonchev–Trinajstić information content (AvgIpc) is 3.30. The Bertz CT molecular complexity index is 1340. The number of anilines is 1. The Hall–Kier alpha value is -4.00. The van der Waals surface area contributed by atoms with Crippen molar-refractivity contribution in [3.05, 3.63) is 89.5 Å². The summed E-state index contributed by atoms with van der Waals surface area (Å²) >= 11 is 0. The maximum atomic E-state index is 14.0. The number of fused-ring (bicyclic) bond motifs is 1. The van der Waals surface area contributed by atoms with Gasteiger partial charge in [0.25, 0.3) is 0 Å². The van der Waals surface area contributed by atoms with Crippen LogP contribution in [0.1, 0.15) is 49.9 Å². The molecular formula is C30H35N5O2. The molecule has 0 saturated heterocycles. The van der Waals surface area contributed by atoms with E-state index in [0.717, 1.165) is 40.6 Å². The zero-order valence-corrected chi connectivity index (χ0v) is 22.0. The normalized spacial score (nSPS) is 12.0. The first-order chi connectivity index (χ1) is 17.9. The number of nitrogens with one attached hydrogen (secondary N) is 1. The largest absolute Gasteiger partial charge is 0.354 e. The Kier molecular flexibility index (Phi) is 8.33. The molecule has 192 valence electrons. The molecule has 1 unspecified atom stereocenters. The van der Waals surface area contributed by atoms with Crippen LogP contribution in [-0.4, -0.2) is 33.4 Å². The predicted molar refractivity (Wildman–Crippen MR) is 147 cm³/mol. The molecule has 2 amide bonds. The summed E-state index contributed by atoms with van der Waals surface area (Å²) in [5.74, 6) is 0.00315. The zero-order valence-electron chi connectivity index (χ0n) is 22.0. The van der Waals surface area contributed by atoms with Crippen LogP contribution in [0.3, 0.4) is 0 Å². The van der Waals surface area contributed by atoms with Crippen LogP contribution >= 0.6 is 0 Å². The molecule has 37 heavy (non-hydrogen) atoms. The van der Waals surface area contributed by atoms with Gasteiger partial charge in [-0.15, -0.1) is 5.10 Å². The fraction of sp³-hybridized carbons (Fsp3) is 0.333. The molecule has 0 aliphatic heterocycles. The molecule has 3 aromatic carbocycles. The highest BCUT2D eigenvalue weighted by atomic mass is 16.2. The van der Waals surface area contributed by atoms with Crippen molar-refractivity contribution in [3.8, 4) is 0 Å². The molecule has 7 nitrogen and oxygen atoms in total. The maximum Gasteiger partial charge on any atom is 0.249 e. The second-order valence-corrected chi connectivity index (χ2v) is 9.81. The third kappa shape index (κ3) is 6.23. The van der Waals surface area contributed by atoms with E-state index in [1.807, 2.05) is 79.7 Å². The fourth-order valence-electron chi connectivity index (χ4n) is 4.31. The molecular weight excluding hydrogens is 462 g/mol. The lowest BCUT2D eigenvalue weighted by atomic mass is 10.0. The van der Waals surface area contributed by atoms with Crippen LogP contribution in [0.2, 0.25) is 0 Å². The molecule has 0 fully saturated rings. The van der Waals surface area contributed by atoms with Crippen molar-refractivity contribution in [2.45, 2.75) is 53.1 Å². The Morgan fingerprint density at radius 2 is 1.68 bits per heavy atom. The van der Waals surface area contributed by atoms with Gasteiger partial charge in [0.2, 0.25) is 11.8 Å². The summed E-state index contributed by atoms with van der Waals surface area (Å²) < 4.78 is 1.59. The lowest BCUT2D eigenvalue weighted by molar-refractivity contribution is -0.127. The van der Waals surface area contributed by atoms with Crippen molar-refractivity contribution < 1.29 is 9.59 Å². The molecule has 0 aliphatic rings. The molecule has 0 bridgehead atoms. The number of hydrogen-bond acceptors (Lipinski definition) is 4. The summed E-state index contributed by atoms with van der Waals surface area (Å²) in [6.07, 6.45) is 1.74. The van der Waals surface area contributed by atoms with Crippen molar-refractivity contribution in [1.29, 1.82) is 0 Å². The number of para-hydroxylation sites is 1. The van der Waals surface area contributed by atoms with Gasteiger partial charge in [-0.3, -0.25) is 14.5 Å². The van der Waals surface area contributed by atoms with Gasteiger partial charge in [-0.1, -0.05) is 80.1 Å². The minimum absolute atomic E-state index is 0.0440. The maximum absolute atomic E-state index is 14.0. The van der Waals surface area contributed by atoms with Crippen molar-refractivity contribution >= 4 is 28.5 Å². The van der Waals surface area contributed by atoms with Gasteiger partial charge in [-0.05, 0) is 61.1 Å². The van der Waals surface area contributed by atoms with E-state index in [1.54, 1.807) is 9.58 Å². The van der Waals surface area contributed by atoms with E-state index in [1.165, 1.54) is 0 Å². The van der Waals surface area contributed by atoms with Crippen LogP contribution in [0.5, 0.6) is 0 Å². The number of amides is 2. The van der Waals surface area contributed by atoms with Crippen LogP contribution in [0.15, 0.2) is 72.8 Å². The van der Waals surface area contributed by atoms with Crippen LogP contribution in [-0.2, 0) is 22.6 Å². The number of carbonyl (C=O) groups excluding carboxylic acids is 2. The van der Waals surface area contributed by atoms with Crippen molar-refractivity contribution in [2.24, 2.45) is 5.92 Å². The van der Waals surface area contributed by atoms with E-state index in [2.05, 4.69) is 36.4 Å². The molecule has 1 N–H and O–H groups in total. The third-order valence-electron chi connectivity index (χ3n) is 6.52. The standard InChI is InChI=1S/C30H35N5O2/c1-5-23-12-16-25(17-13-23)35(28(36)20-34-27-9-7-6-8-26(27)32-33-34)29(24-14-10-22(4)11-15-24)30(37)31-19-18-21(2)3/h6-17,21,29H,5,18-20H2,1-4H3,(H,31,37). The molecule has 1 atom stereocenters. The van der Waals surface area contributed by atoms with Crippen LogP contribution in [0.25, 0.3) is 11.0 Å². The number of benzene rings is 3. The SMILES string of the molecule is CCc1ccc(N(C(=O)Cn2nnc3ccccc32)C(C(=O)NCCC(C)C)c2ccc(C)cc2)cc1. The predicted octanol–water partition coefficient (Wildman–Crippen LogP) is 5.24. The molecule has 4 aromatic rings. The summed E-state index contributed by atoms with van der Waals surface area (Å²) in [5.41, 5.74) is 5.15. The Labute approximate surface area is 218 Å². The number of carbonyl (C=O) groups is 2. The summed E-state index contributed by atoms with van der Waals surface area (Å²) in [6.45, 7) is 8.84. The van der Waals surface area contributed by atoms with Gasteiger partial charge >= 0.3 is 0 Å². The number of rotatable bonds is 10. The number of aromatic nitrogens is 3. The summed E-state index contributed by atoms with van der Waals surface area (Å²) in [4.78, 5) is 29.4. The first-order valence-corrected chi connectivity index (χ1v) is 12.9. The first kappa shape index (κ1) is 26.1. The highest BCUT2D eigenvalue weighted by Gasteiger charge is 2.33. The molecule has 4 rings (SSSR count). The van der Waals surface area contributed by atoms with Gasteiger partial charge in [0, 0.05) is 12.2 Å². The van der Waals surface area contributed by atoms with E-state index in [-0.39, 0.29) is 18.4 Å². The second-order valence-electron chi connectivity index (χ2n) is 9.81. The Balaban J connectivity index is 1.76. The molecule has 0 aliphatic carbocycles. The summed E-state index contributed by atoms with van der Waals surface area (Å²) in [5, 5.41) is 11.5. The van der Waals surface area contributed by atoms with Gasteiger partial charge in [0.1, 0.15) is 18.1 Å². The molecule has 7 heteroatoms. The Morgan fingerprint density at radius 1 is 0.973 bits per heavy atom. The number of aryl methyl sites for hydroxylation is 2. The van der Waals surface area contributed by atoms with E-state index in [0.29, 0.717) is 18.2 Å². The number of nitrogens with zero attached hydrogens (tertiary/aromatic N) is 4. The van der Waals surface area contributed by atoms with Crippen LogP contribution < -0.4 is 10.2 Å². The van der Waals surface area contributed by atoms with Crippen molar-refractivity contribution in [3.63, 3.8) is 0 Å². The minimum atomic E-state index is -0.831. The van der Waals surface area contributed by atoms with Gasteiger partial charge in [-0.2, -0.15) is 0 Å². The second kappa shape index (κ2) is 11.8. The average molecular weight is 498 g/mol. The van der Waals surface area contributed by atoms with E-state index in [9.17, 15) is 9.59 Å². The summed E-state index contributed by atoms with van der Waals surface area (Å²) in [6, 6.07) is 22.3. The molecule has 0 spiro atoms. The lowest BCUT2D eigenvalue weighted by Crippen LogP contribution is -2.45. The monoisotopic (exact) mass is 497 g/mol. The first-order valence-electron chi connectivity index (χ1n) is 12.9. The molecule has 1 heterocycles. The van der Waals surface area contributed by atoms with E-state index >= 15 is 0 Å². The van der Waals surface area contributed by atoms with Gasteiger partial charge < -0.3 is 5.32 Å². The van der Waals surface area contributed by atoms with Gasteiger partial charge in [0.15, 0.2) is 0 Å². The smallest absolute Gasteiger partial charge is 0.249 e. The summed E-state index contributed by atoms with van der Waals surface area (Å²) in [7, 11) is 0. The highest BCUT2D eigenvalue weighted by Crippen LogP contribution is 2.29. The molecule has 1 aromatic heterocycles. The quantitative estimate of drug-likeness (QED) is 0.325. The topological polar surface area (TPSA) is 80.1 Å². The molecule has 0 radical (unpaired) electrons. The van der Waals surface area contributed by atoms with Crippen LogP contribution in [0.4, 0.5) is 5.69 Å². The van der Waals surface area contributed by atoms with Gasteiger partial charge in [0.05, 0.1) is 5.52 Å². The number of hydrogen-bond donors (Lipinski definition) is 1. The van der Waals surface area contributed by atoms with Crippen molar-refractivity contribution in [1.82, 2.24) is 20.3 Å². The molecule has 0 saturated carbocycles. The minimum Gasteiger partial charge on any atom is -0.354 e. The highest BCUT2D eigenvalue weighted by molar-refractivity contribution is 6.01. The third-order valence-corrected chi connectivity index (χ3v) is 6.52. The van der Waals surface area contributed by atoms with E-state index in [4.69, 9.17) is 0 Å². The zero-order chi connectivity index (χ0) is 26.4. The van der Waals surface area contributed by atoms with Gasteiger partial charge in [-0.25, -0.2) is 4.68 Å².